The fourth-order valence-corrected chi connectivity index (χ4v) is 9.91. The van der Waals surface area contributed by atoms with Gasteiger partial charge in [0.25, 0.3) is 0 Å². The number of hydrogen-bond donors (Lipinski definition) is 2. The number of halogens is 2. The molecule has 11 heteroatoms. The quantitative estimate of drug-likeness (QED) is 0.165. The van der Waals surface area contributed by atoms with Crippen molar-refractivity contribution in [3.8, 4) is 0 Å². The minimum Gasteiger partial charge on any atom is -0.453 e. The van der Waals surface area contributed by atoms with Gasteiger partial charge in [0, 0.05) is 31.9 Å². The van der Waals surface area contributed by atoms with E-state index in [1.807, 2.05) is 46.2 Å². The highest BCUT2D eigenvalue weighted by Gasteiger charge is 2.41. The number of benzene rings is 4. The number of fused-ring (bicyclic) bond motifs is 2. The van der Waals surface area contributed by atoms with E-state index in [-0.39, 0.29) is 29.6 Å². The summed E-state index contributed by atoms with van der Waals surface area (Å²) in [4.78, 5) is 41.1. The number of anilines is 2. The highest BCUT2D eigenvalue weighted by Crippen LogP contribution is 2.41. The number of aromatic nitrogens is 2. The molecule has 2 amide bonds. The molecule has 3 saturated heterocycles. The Kier molecular flexibility index (Phi) is 9.85. The predicted molar refractivity (Wildman–Crippen MR) is 213 cm³/mol. The molecule has 56 heavy (non-hydrogen) atoms. The molecule has 290 valence electrons. The molecule has 3 fully saturated rings. The van der Waals surface area contributed by atoms with E-state index < -0.39 is 23.8 Å². The molecule has 9 nitrogen and oxygen atoms in total. The maximum absolute atomic E-state index is 15.8. The van der Waals surface area contributed by atoms with Crippen LogP contribution in [-0.4, -0.2) is 66.2 Å². The third-order valence-electron chi connectivity index (χ3n) is 12.7. The molecule has 4 aliphatic rings. The zero-order chi connectivity index (χ0) is 38.3. The van der Waals surface area contributed by atoms with Crippen molar-refractivity contribution in [2.75, 3.05) is 43.1 Å². The van der Waals surface area contributed by atoms with E-state index in [9.17, 15) is 9.59 Å². The molecule has 5 aromatic rings. The van der Waals surface area contributed by atoms with Crippen LogP contribution in [0.25, 0.3) is 11.0 Å². The lowest BCUT2D eigenvalue weighted by Crippen LogP contribution is -2.52. The summed E-state index contributed by atoms with van der Waals surface area (Å²) in [5, 5.41) is 2.87. The van der Waals surface area contributed by atoms with Crippen molar-refractivity contribution in [2.24, 2.45) is 5.92 Å². The zero-order valence-electron chi connectivity index (χ0n) is 31.7. The number of ether oxygens (including phenoxy) is 1. The fraction of sp³-hybridized carbons (Fsp3) is 0.400. The highest BCUT2D eigenvalue weighted by molar-refractivity contribution is 5.87. The molecule has 3 atom stereocenters. The van der Waals surface area contributed by atoms with E-state index in [4.69, 9.17) is 9.72 Å². The largest absolute Gasteiger partial charge is 0.453 e. The van der Waals surface area contributed by atoms with Crippen molar-refractivity contribution in [3.05, 3.63) is 125 Å². The Hall–Kier alpha value is -5.45. The smallest absolute Gasteiger partial charge is 0.407 e. The zero-order valence-corrected chi connectivity index (χ0v) is 31.7. The lowest BCUT2D eigenvalue weighted by atomic mass is 9.89. The summed E-state index contributed by atoms with van der Waals surface area (Å²) in [6.07, 6.45) is 5.84. The van der Waals surface area contributed by atoms with Crippen molar-refractivity contribution in [3.63, 3.8) is 0 Å². The number of alkyl carbamates (subject to hydrolysis) is 1. The SMILES string of the molecule is COC(=O)NC(C(=O)N1CCC[C@H]1c1nc2ccc([C@H]3CCCN3c3cc(F)c(N4CCC(c5ccccc5)CC4)c(F)c3)cc2[nH]1)C1Cc2ccccc2C1. The normalized spacial score (nSPS) is 20.8. The lowest BCUT2D eigenvalue weighted by molar-refractivity contribution is -0.135. The summed E-state index contributed by atoms with van der Waals surface area (Å²) in [5.41, 5.74) is 7.01. The molecule has 0 spiro atoms. The van der Waals surface area contributed by atoms with Crippen LogP contribution in [0.4, 0.5) is 25.0 Å². The summed E-state index contributed by atoms with van der Waals surface area (Å²) in [7, 11) is 1.32. The topological polar surface area (TPSA) is 93.8 Å². The first-order chi connectivity index (χ1) is 27.3. The Morgan fingerprint density at radius 1 is 0.804 bits per heavy atom. The van der Waals surface area contributed by atoms with Gasteiger partial charge in [0.15, 0.2) is 11.6 Å². The summed E-state index contributed by atoms with van der Waals surface area (Å²) >= 11 is 0. The van der Waals surface area contributed by atoms with Gasteiger partial charge in [0.1, 0.15) is 17.6 Å². The number of hydrogen-bond acceptors (Lipinski definition) is 6. The summed E-state index contributed by atoms with van der Waals surface area (Å²) in [5.74, 6) is -0.131. The lowest BCUT2D eigenvalue weighted by Gasteiger charge is -2.35. The highest BCUT2D eigenvalue weighted by atomic mass is 19.1. The molecular formula is C45H48F2N6O3. The monoisotopic (exact) mass is 758 g/mol. The molecule has 9 rings (SSSR count). The van der Waals surface area contributed by atoms with Crippen LogP contribution in [0.5, 0.6) is 0 Å². The van der Waals surface area contributed by atoms with Crippen LogP contribution < -0.4 is 15.1 Å². The van der Waals surface area contributed by atoms with E-state index in [1.54, 1.807) is 0 Å². The van der Waals surface area contributed by atoms with Gasteiger partial charge in [-0.05, 0) is 110 Å². The molecule has 0 saturated carbocycles. The van der Waals surface area contributed by atoms with E-state index in [1.165, 1.54) is 35.9 Å². The van der Waals surface area contributed by atoms with Crippen molar-refractivity contribution >= 4 is 34.4 Å². The first kappa shape index (κ1) is 36.2. The van der Waals surface area contributed by atoms with Crippen molar-refractivity contribution in [2.45, 2.75) is 75.4 Å². The third kappa shape index (κ3) is 6.85. The molecule has 0 bridgehead atoms. The Balaban J connectivity index is 0.915. The van der Waals surface area contributed by atoms with Crippen LogP contribution in [0.2, 0.25) is 0 Å². The second-order valence-electron chi connectivity index (χ2n) is 15.9. The number of rotatable bonds is 8. The number of carbonyl (C=O) groups is 2. The molecule has 1 aromatic heterocycles. The predicted octanol–water partition coefficient (Wildman–Crippen LogP) is 8.37. The molecule has 4 heterocycles. The van der Waals surface area contributed by atoms with Gasteiger partial charge in [-0.25, -0.2) is 18.6 Å². The van der Waals surface area contributed by atoms with Gasteiger partial charge in [-0.3, -0.25) is 4.79 Å². The number of piperidine rings is 1. The Morgan fingerprint density at radius 3 is 2.20 bits per heavy atom. The number of nitrogens with zero attached hydrogens (tertiary/aromatic N) is 4. The summed E-state index contributed by atoms with van der Waals surface area (Å²) in [6, 6.07) is 26.7. The Labute approximate surface area is 326 Å². The van der Waals surface area contributed by atoms with E-state index in [2.05, 4.69) is 51.6 Å². The first-order valence-corrected chi connectivity index (χ1v) is 20.1. The molecule has 0 radical (unpaired) electrons. The standard InChI is InChI=1S/C45H48F2N6O3/c1-56-45(55)50-41(33-23-30-11-5-6-12-31(30)24-33)44(54)53-20-8-14-40(53)43-48-37-16-15-32(25-38(37)49-43)39-13-7-19-52(39)34-26-35(46)42(36(47)27-34)51-21-17-29(18-22-51)28-9-3-2-4-10-28/h2-6,9-12,15-16,25-27,29,33,39-41H,7-8,13-14,17-24H2,1H3,(H,48,49)(H,50,55)/t39-,40+,41?/m1/s1. The van der Waals surface area contributed by atoms with E-state index in [0.717, 1.165) is 55.1 Å². The van der Waals surface area contributed by atoms with Crippen molar-refractivity contribution < 1.29 is 23.1 Å². The van der Waals surface area contributed by atoms with Crippen LogP contribution in [-0.2, 0) is 22.4 Å². The van der Waals surface area contributed by atoms with Crippen LogP contribution in [0.15, 0.2) is 84.9 Å². The van der Waals surface area contributed by atoms with Gasteiger partial charge in [-0.1, -0.05) is 60.7 Å². The van der Waals surface area contributed by atoms with Gasteiger partial charge >= 0.3 is 6.09 Å². The molecule has 4 aromatic carbocycles. The number of amides is 2. The summed E-state index contributed by atoms with van der Waals surface area (Å²) in [6.45, 7) is 2.49. The summed E-state index contributed by atoms with van der Waals surface area (Å²) < 4.78 is 36.6. The number of methoxy groups -OCH3 is 1. The molecule has 3 aliphatic heterocycles. The van der Waals surface area contributed by atoms with Gasteiger partial charge in [-0.15, -0.1) is 0 Å². The number of aromatic amines is 1. The minimum absolute atomic E-state index is 0.0531. The van der Waals surface area contributed by atoms with Gasteiger partial charge in [0.05, 0.1) is 30.2 Å². The van der Waals surface area contributed by atoms with Crippen LogP contribution >= 0.6 is 0 Å². The van der Waals surface area contributed by atoms with Gasteiger partial charge < -0.3 is 29.7 Å². The maximum atomic E-state index is 15.8. The number of likely N-dealkylation sites (tertiary alicyclic amines) is 1. The van der Waals surface area contributed by atoms with Gasteiger partial charge in [0.2, 0.25) is 5.91 Å². The number of nitrogens with one attached hydrogen (secondary N) is 2. The van der Waals surface area contributed by atoms with Crippen LogP contribution in [0.3, 0.4) is 0 Å². The minimum atomic E-state index is -0.727. The maximum Gasteiger partial charge on any atom is 0.407 e. The second kappa shape index (κ2) is 15.2. The van der Waals surface area contributed by atoms with Crippen LogP contribution in [0, 0.1) is 17.6 Å². The molecule has 1 unspecified atom stereocenters. The third-order valence-corrected chi connectivity index (χ3v) is 12.7. The molecule has 2 N–H and O–H groups in total. The van der Waals surface area contributed by atoms with Crippen molar-refractivity contribution in [1.29, 1.82) is 0 Å². The van der Waals surface area contributed by atoms with Crippen molar-refractivity contribution in [1.82, 2.24) is 20.2 Å². The number of H-pyrrole nitrogens is 1. The van der Waals surface area contributed by atoms with E-state index in [0.29, 0.717) is 56.5 Å². The Morgan fingerprint density at radius 2 is 1.48 bits per heavy atom. The Bertz CT molecular complexity index is 2190. The average Bonchev–Trinajstić information content (AvgIpc) is 4.05. The number of carbonyl (C=O) groups excluding carboxylic acids is 2. The average molecular weight is 759 g/mol. The van der Waals surface area contributed by atoms with Crippen LogP contribution in [0.1, 0.15) is 84.6 Å². The fourth-order valence-electron chi connectivity index (χ4n) is 9.91. The van der Waals surface area contributed by atoms with Gasteiger partial charge in [-0.2, -0.15) is 0 Å². The second-order valence-corrected chi connectivity index (χ2v) is 15.9. The first-order valence-electron chi connectivity index (χ1n) is 20.1. The van der Waals surface area contributed by atoms with E-state index >= 15 is 8.78 Å². The molecular weight excluding hydrogens is 711 g/mol. The molecule has 1 aliphatic carbocycles. The number of imidazole rings is 1.